The summed E-state index contributed by atoms with van der Waals surface area (Å²) in [5, 5.41) is 0.0953. The number of hydrogen-bond acceptors (Lipinski definition) is 2. The number of halogens is 1. The molecule has 3 rings (SSSR count). The van der Waals surface area contributed by atoms with E-state index in [0.29, 0.717) is 5.92 Å². The van der Waals surface area contributed by atoms with E-state index in [9.17, 15) is 0 Å². The van der Waals surface area contributed by atoms with Crippen LogP contribution in [0.3, 0.4) is 0 Å². The molecule has 1 fully saturated rings. The average Bonchev–Trinajstić information content (AvgIpc) is 2.71. The lowest BCUT2D eigenvalue weighted by Crippen LogP contribution is -2.24. The molecule has 2 aliphatic heterocycles. The number of benzene rings is 1. The monoisotopic (exact) mass is 280 g/mol. The molecule has 1 atom stereocenters. The molecule has 1 aromatic carbocycles. The zero-order valence-electron chi connectivity index (χ0n) is 11.6. The minimum Gasteiger partial charge on any atom is -0.487 e. The van der Waals surface area contributed by atoms with E-state index in [2.05, 4.69) is 32.0 Å². The number of rotatable bonds is 2. The molecule has 1 saturated heterocycles. The lowest BCUT2D eigenvalue weighted by Gasteiger charge is -2.26. The van der Waals surface area contributed by atoms with Crippen molar-refractivity contribution < 1.29 is 9.47 Å². The summed E-state index contributed by atoms with van der Waals surface area (Å²) in [6.07, 6.45) is 3.09. The van der Waals surface area contributed by atoms with Crippen LogP contribution in [0.25, 0.3) is 0 Å². The van der Waals surface area contributed by atoms with Crippen molar-refractivity contribution >= 4 is 11.6 Å². The van der Waals surface area contributed by atoms with Crippen LogP contribution in [0.1, 0.15) is 43.2 Å². The Morgan fingerprint density at radius 2 is 2.00 bits per heavy atom. The smallest absolute Gasteiger partial charge is 0.123 e. The van der Waals surface area contributed by atoms with Crippen LogP contribution in [0.4, 0.5) is 0 Å². The van der Waals surface area contributed by atoms with Crippen LogP contribution in [-0.2, 0) is 11.2 Å². The maximum Gasteiger partial charge on any atom is 0.123 e. The molecule has 2 nitrogen and oxygen atoms in total. The van der Waals surface area contributed by atoms with Gasteiger partial charge in [0.1, 0.15) is 11.4 Å². The molecule has 0 N–H and O–H groups in total. The van der Waals surface area contributed by atoms with Crippen LogP contribution in [0, 0.1) is 5.92 Å². The first-order valence-electron chi connectivity index (χ1n) is 7.09. The first-order valence-corrected chi connectivity index (χ1v) is 7.52. The maximum absolute atomic E-state index is 6.66. The van der Waals surface area contributed by atoms with Gasteiger partial charge < -0.3 is 9.47 Å². The van der Waals surface area contributed by atoms with Crippen molar-refractivity contribution in [3.63, 3.8) is 0 Å². The highest BCUT2D eigenvalue weighted by Crippen LogP contribution is 2.40. The van der Waals surface area contributed by atoms with Gasteiger partial charge in [-0.2, -0.15) is 0 Å². The third-order valence-corrected chi connectivity index (χ3v) is 4.69. The quantitative estimate of drug-likeness (QED) is 0.759. The Balaban J connectivity index is 1.79. The molecule has 104 valence electrons. The normalized spacial score (nSPS) is 23.7. The van der Waals surface area contributed by atoms with Crippen LogP contribution in [0.2, 0.25) is 0 Å². The number of hydrogen-bond donors (Lipinski definition) is 0. The highest BCUT2D eigenvalue weighted by molar-refractivity contribution is 6.21. The Morgan fingerprint density at radius 1 is 1.26 bits per heavy atom. The van der Waals surface area contributed by atoms with Gasteiger partial charge in [0, 0.05) is 19.6 Å². The van der Waals surface area contributed by atoms with Crippen LogP contribution in [0.5, 0.6) is 5.75 Å². The van der Waals surface area contributed by atoms with Crippen LogP contribution >= 0.6 is 11.6 Å². The molecule has 2 aliphatic rings. The summed E-state index contributed by atoms with van der Waals surface area (Å²) < 4.78 is 11.3. The molecule has 0 spiro atoms. The van der Waals surface area contributed by atoms with Crippen molar-refractivity contribution in [3.05, 3.63) is 29.3 Å². The predicted molar refractivity (Wildman–Crippen MR) is 77.0 cm³/mol. The average molecular weight is 281 g/mol. The van der Waals surface area contributed by atoms with Crippen molar-refractivity contribution in [1.29, 1.82) is 0 Å². The Morgan fingerprint density at radius 3 is 2.74 bits per heavy atom. The van der Waals surface area contributed by atoms with Crippen molar-refractivity contribution in [2.75, 3.05) is 13.2 Å². The second-order valence-corrected chi connectivity index (χ2v) is 6.73. The lowest BCUT2D eigenvalue weighted by molar-refractivity contribution is 0.0650. The van der Waals surface area contributed by atoms with Gasteiger partial charge in [-0.1, -0.05) is 12.1 Å². The van der Waals surface area contributed by atoms with Gasteiger partial charge in [0.25, 0.3) is 0 Å². The Kier molecular flexibility index (Phi) is 3.48. The maximum atomic E-state index is 6.66. The van der Waals surface area contributed by atoms with E-state index in [4.69, 9.17) is 21.1 Å². The molecule has 1 aromatic rings. The van der Waals surface area contributed by atoms with Crippen molar-refractivity contribution in [3.8, 4) is 5.75 Å². The Bertz CT molecular complexity index is 464. The van der Waals surface area contributed by atoms with E-state index in [0.717, 1.165) is 38.2 Å². The van der Waals surface area contributed by atoms with Crippen molar-refractivity contribution in [2.24, 2.45) is 5.92 Å². The summed E-state index contributed by atoms with van der Waals surface area (Å²) in [5.74, 6) is 1.55. The zero-order chi connectivity index (χ0) is 13.5. The minimum atomic E-state index is -0.0819. The van der Waals surface area contributed by atoms with Gasteiger partial charge in [-0.15, -0.1) is 11.6 Å². The molecule has 0 radical (unpaired) electrons. The lowest BCUT2D eigenvalue weighted by atomic mass is 9.90. The van der Waals surface area contributed by atoms with Gasteiger partial charge in [-0.05, 0) is 49.8 Å². The summed E-state index contributed by atoms with van der Waals surface area (Å²) in [5.41, 5.74) is 2.44. The van der Waals surface area contributed by atoms with E-state index in [1.165, 1.54) is 11.1 Å². The summed E-state index contributed by atoms with van der Waals surface area (Å²) in [4.78, 5) is 0. The van der Waals surface area contributed by atoms with Crippen molar-refractivity contribution in [1.82, 2.24) is 0 Å². The fraction of sp³-hybridized carbons (Fsp3) is 0.625. The van der Waals surface area contributed by atoms with E-state index in [1.807, 2.05) is 0 Å². The molecule has 0 bridgehead atoms. The first-order chi connectivity index (χ1) is 9.05. The fourth-order valence-electron chi connectivity index (χ4n) is 3.08. The fourth-order valence-corrected chi connectivity index (χ4v) is 3.47. The molecule has 0 amide bonds. The molecule has 3 heteroatoms. The highest BCUT2D eigenvalue weighted by Gasteiger charge is 2.31. The zero-order valence-corrected chi connectivity index (χ0v) is 12.4. The van der Waals surface area contributed by atoms with Crippen LogP contribution in [0.15, 0.2) is 18.2 Å². The molecular formula is C16H21ClO2. The topological polar surface area (TPSA) is 18.5 Å². The Labute approximate surface area is 120 Å². The van der Waals surface area contributed by atoms with E-state index >= 15 is 0 Å². The van der Waals surface area contributed by atoms with Crippen LogP contribution in [-0.4, -0.2) is 18.8 Å². The largest absolute Gasteiger partial charge is 0.487 e. The SMILES string of the molecule is CC1(C)Cc2cc(C(Cl)C3CCOCC3)ccc2O1. The molecule has 0 aromatic heterocycles. The molecule has 2 heterocycles. The predicted octanol–water partition coefficient (Wildman–Crippen LogP) is 4.11. The van der Waals surface area contributed by atoms with Gasteiger partial charge in [0.2, 0.25) is 0 Å². The molecule has 0 saturated carbocycles. The Hall–Kier alpha value is -0.730. The van der Waals surface area contributed by atoms with E-state index in [-0.39, 0.29) is 11.0 Å². The summed E-state index contributed by atoms with van der Waals surface area (Å²) in [6, 6.07) is 6.43. The summed E-state index contributed by atoms with van der Waals surface area (Å²) >= 11 is 6.66. The second kappa shape index (κ2) is 4.99. The van der Waals surface area contributed by atoms with Gasteiger partial charge >= 0.3 is 0 Å². The van der Waals surface area contributed by atoms with E-state index < -0.39 is 0 Å². The molecule has 1 unspecified atom stereocenters. The third-order valence-electron chi connectivity index (χ3n) is 4.09. The number of alkyl halides is 1. The van der Waals surface area contributed by atoms with Crippen molar-refractivity contribution in [2.45, 2.75) is 44.1 Å². The highest BCUT2D eigenvalue weighted by atomic mass is 35.5. The number of ether oxygens (including phenoxy) is 2. The van der Waals surface area contributed by atoms with Gasteiger partial charge in [0.05, 0.1) is 5.38 Å². The molecule has 19 heavy (non-hydrogen) atoms. The van der Waals surface area contributed by atoms with Gasteiger partial charge in [0.15, 0.2) is 0 Å². The standard InChI is InChI=1S/C16H21ClO2/c1-16(2)10-13-9-12(3-4-14(13)19-16)15(17)11-5-7-18-8-6-11/h3-4,9,11,15H,5-8,10H2,1-2H3. The van der Waals surface area contributed by atoms with Crippen LogP contribution < -0.4 is 4.74 Å². The second-order valence-electron chi connectivity index (χ2n) is 6.26. The first kappa shape index (κ1) is 13.3. The van der Waals surface area contributed by atoms with Gasteiger partial charge in [-0.25, -0.2) is 0 Å². The summed E-state index contributed by atoms with van der Waals surface area (Å²) in [7, 11) is 0. The molecule has 0 aliphatic carbocycles. The third kappa shape index (κ3) is 2.75. The number of fused-ring (bicyclic) bond motifs is 1. The van der Waals surface area contributed by atoms with Gasteiger partial charge in [-0.3, -0.25) is 0 Å². The van der Waals surface area contributed by atoms with E-state index in [1.54, 1.807) is 0 Å². The molecular weight excluding hydrogens is 260 g/mol. The minimum absolute atomic E-state index is 0.0819. The summed E-state index contributed by atoms with van der Waals surface area (Å²) in [6.45, 7) is 5.94.